The van der Waals surface area contributed by atoms with Crippen molar-refractivity contribution in [2.75, 3.05) is 6.26 Å². The molecular weight excluding hydrogens is 387 g/mol. The van der Waals surface area contributed by atoms with Crippen LogP contribution in [0.4, 0.5) is 0 Å². The quantitative estimate of drug-likeness (QED) is 0.545. The van der Waals surface area contributed by atoms with Gasteiger partial charge >= 0.3 is 0 Å². The number of hydrogen-bond acceptors (Lipinski definition) is 3. The van der Waals surface area contributed by atoms with E-state index in [2.05, 4.69) is 0 Å². The maximum Gasteiger partial charge on any atom is 0.270 e. The minimum atomic E-state index is -0.315. The number of benzene rings is 2. The van der Waals surface area contributed by atoms with Gasteiger partial charge in [0.1, 0.15) is 11.6 Å². The van der Waals surface area contributed by atoms with Gasteiger partial charge in [0.25, 0.3) is 5.56 Å². The van der Waals surface area contributed by atoms with Crippen LogP contribution >= 0.6 is 35.0 Å². The fourth-order valence-electron chi connectivity index (χ4n) is 2.71. The summed E-state index contributed by atoms with van der Waals surface area (Å²) in [7, 11) is 0. The highest BCUT2D eigenvalue weighted by atomic mass is 35.5. The average molecular weight is 401 g/mol. The Bertz CT molecular complexity index is 1060. The number of hydrogen-bond donors (Lipinski definition) is 0. The third-order valence-electron chi connectivity index (χ3n) is 3.99. The van der Waals surface area contributed by atoms with E-state index >= 15 is 0 Å². The number of aromatic nitrogens is 1. The van der Waals surface area contributed by atoms with Gasteiger partial charge < -0.3 is 4.57 Å². The molecule has 0 saturated heterocycles. The fourth-order valence-corrected chi connectivity index (χ4v) is 3.60. The summed E-state index contributed by atoms with van der Waals surface area (Å²) < 4.78 is 1.60. The van der Waals surface area contributed by atoms with Gasteiger partial charge in [-0.2, -0.15) is 5.26 Å². The highest BCUT2D eigenvalue weighted by Gasteiger charge is 2.16. The second-order valence-corrected chi connectivity index (χ2v) is 7.25. The molecule has 1 heterocycles. The van der Waals surface area contributed by atoms with Crippen LogP contribution in [0, 0.1) is 11.3 Å². The van der Waals surface area contributed by atoms with Crippen molar-refractivity contribution in [3.05, 3.63) is 86.1 Å². The van der Waals surface area contributed by atoms with Gasteiger partial charge in [-0.15, -0.1) is 11.8 Å². The second kappa shape index (κ2) is 8.01. The van der Waals surface area contributed by atoms with Crippen LogP contribution in [0.5, 0.6) is 0 Å². The van der Waals surface area contributed by atoms with Crippen LogP contribution in [0.2, 0.25) is 10.0 Å². The van der Waals surface area contributed by atoms with E-state index in [0.717, 1.165) is 16.8 Å². The first kappa shape index (κ1) is 18.6. The zero-order chi connectivity index (χ0) is 18.7. The summed E-state index contributed by atoms with van der Waals surface area (Å²) in [5.74, 6) is 0. The normalized spacial score (nSPS) is 10.5. The summed E-state index contributed by atoms with van der Waals surface area (Å²) in [5, 5.41) is 10.3. The maximum absolute atomic E-state index is 13.0. The monoisotopic (exact) mass is 400 g/mol. The number of pyridine rings is 1. The van der Waals surface area contributed by atoms with Crippen LogP contribution in [0.15, 0.2) is 64.3 Å². The summed E-state index contributed by atoms with van der Waals surface area (Å²) in [4.78, 5) is 13.7. The van der Waals surface area contributed by atoms with Crippen LogP contribution in [0.3, 0.4) is 0 Å². The molecule has 3 rings (SSSR count). The molecule has 3 aromatic rings. The van der Waals surface area contributed by atoms with Gasteiger partial charge in [-0.05, 0) is 35.6 Å². The van der Waals surface area contributed by atoms with Gasteiger partial charge in [0.05, 0.1) is 22.3 Å². The molecule has 0 aliphatic rings. The van der Waals surface area contributed by atoms with Crippen LogP contribution < -0.4 is 5.56 Å². The predicted octanol–water partition coefficient (Wildman–Crippen LogP) is 5.46. The molecule has 0 saturated carbocycles. The van der Waals surface area contributed by atoms with Crippen LogP contribution in [-0.4, -0.2) is 10.8 Å². The molecule has 0 radical (unpaired) electrons. The Morgan fingerprint density at radius 1 is 1.08 bits per heavy atom. The van der Waals surface area contributed by atoms with Crippen molar-refractivity contribution in [2.24, 2.45) is 0 Å². The van der Waals surface area contributed by atoms with E-state index in [0.29, 0.717) is 21.5 Å². The first-order valence-electron chi connectivity index (χ1n) is 7.76. The molecule has 0 aliphatic carbocycles. The molecule has 0 aliphatic heterocycles. The predicted molar refractivity (Wildman–Crippen MR) is 108 cm³/mol. The van der Waals surface area contributed by atoms with E-state index in [1.165, 1.54) is 11.8 Å². The van der Waals surface area contributed by atoms with Crippen molar-refractivity contribution in [3.8, 4) is 17.3 Å². The molecule has 26 heavy (non-hydrogen) atoms. The Balaban J connectivity index is 2.23. The van der Waals surface area contributed by atoms with E-state index in [-0.39, 0.29) is 11.1 Å². The summed E-state index contributed by atoms with van der Waals surface area (Å²) in [5.41, 5.74) is 2.33. The molecule has 1 aromatic heterocycles. The van der Waals surface area contributed by atoms with Crippen LogP contribution in [0.25, 0.3) is 11.3 Å². The highest BCUT2D eigenvalue weighted by Crippen LogP contribution is 2.27. The Labute approximate surface area is 165 Å². The van der Waals surface area contributed by atoms with Crippen molar-refractivity contribution in [2.45, 2.75) is 11.4 Å². The second-order valence-electron chi connectivity index (χ2n) is 5.59. The number of nitrogens with zero attached hydrogens (tertiary/aromatic N) is 2. The molecule has 0 fully saturated rings. The third-order valence-corrected chi connectivity index (χ3v) is 5.49. The summed E-state index contributed by atoms with van der Waals surface area (Å²) in [6.07, 6.45) is 1.85. The molecule has 0 amide bonds. The van der Waals surface area contributed by atoms with Crippen LogP contribution in [-0.2, 0) is 6.54 Å². The Morgan fingerprint density at radius 2 is 1.81 bits per heavy atom. The summed E-state index contributed by atoms with van der Waals surface area (Å²) >= 11 is 13.5. The van der Waals surface area contributed by atoms with Gasteiger partial charge in [0.2, 0.25) is 0 Å². The van der Waals surface area contributed by atoms with Crippen molar-refractivity contribution < 1.29 is 0 Å². The van der Waals surface area contributed by atoms with E-state index < -0.39 is 0 Å². The minimum Gasteiger partial charge on any atom is -0.303 e. The Morgan fingerprint density at radius 3 is 2.42 bits per heavy atom. The number of rotatable bonds is 4. The largest absolute Gasteiger partial charge is 0.303 e. The topological polar surface area (TPSA) is 45.8 Å². The maximum atomic E-state index is 13.0. The molecule has 0 N–H and O–H groups in total. The average Bonchev–Trinajstić information content (AvgIpc) is 2.66. The lowest BCUT2D eigenvalue weighted by atomic mass is 10.1. The lowest BCUT2D eigenvalue weighted by Gasteiger charge is -2.16. The van der Waals surface area contributed by atoms with Gasteiger partial charge in [-0.1, -0.05) is 59.6 Å². The van der Waals surface area contributed by atoms with Gasteiger partial charge in [-0.3, -0.25) is 4.79 Å². The minimum absolute atomic E-state index is 0.150. The highest BCUT2D eigenvalue weighted by molar-refractivity contribution is 7.98. The SMILES string of the molecule is CSc1cc(-c2ccccc2)n(Cc2ccc(Cl)c(Cl)c2)c(=O)c1C#N. The molecule has 3 nitrogen and oxygen atoms in total. The van der Waals surface area contributed by atoms with Crippen molar-refractivity contribution in [1.29, 1.82) is 5.26 Å². The number of thioether (sulfide) groups is 1. The van der Waals surface area contributed by atoms with Crippen molar-refractivity contribution >= 4 is 35.0 Å². The van der Waals surface area contributed by atoms with Crippen molar-refractivity contribution in [3.63, 3.8) is 0 Å². The Hall–Kier alpha value is -2.19. The fraction of sp³-hybridized carbons (Fsp3) is 0.100. The molecule has 130 valence electrons. The molecular formula is C20H14Cl2N2OS. The number of nitriles is 1. The summed E-state index contributed by atoms with van der Waals surface area (Å²) in [6, 6.07) is 18.8. The first-order chi connectivity index (χ1) is 12.5. The number of halogens is 2. The first-order valence-corrected chi connectivity index (χ1v) is 9.74. The zero-order valence-electron chi connectivity index (χ0n) is 13.9. The standard InChI is InChI=1S/C20H14Cl2N2OS/c1-26-19-10-18(14-5-3-2-4-6-14)24(20(25)15(19)11-23)12-13-7-8-16(21)17(22)9-13/h2-10H,12H2,1H3. The van der Waals surface area contributed by atoms with Crippen molar-refractivity contribution in [1.82, 2.24) is 4.57 Å². The van der Waals surface area contributed by atoms with Gasteiger partial charge in [0.15, 0.2) is 0 Å². The van der Waals surface area contributed by atoms with E-state index in [4.69, 9.17) is 23.2 Å². The molecule has 0 unspecified atom stereocenters. The molecule has 6 heteroatoms. The third kappa shape index (κ3) is 3.66. The lowest BCUT2D eigenvalue weighted by molar-refractivity contribution is 0.759. The lowest BCUT2D eigenvalue weighted by Crippen LogP contribution is -2.25. The van der Waals surface area contributed by atoms with Gasteiger partial charge in [0, 0.05) is 4.90 Å². The van der Waals surface area contributed by atoms with E-state index in [9.17, 15) is 10.1 Å². The van der Waals surface area contributed by atoms with Crippen LogP contribution in [0.1, 0.15) is 11.1 Å². The van der Waals surface area contributed by atoms with E-state index in [1.54, 1.807) is 16.7 Å². The van der Waals surface area contributed by atoms with Gasteiger partial charge in [-0.25, -0.2) is 0 Å². The van der Waals surface area contributed by atoms with E-state index in [1.807, 2.05) is 54.8 Å². The molecule has 0 bridgehead atoms. The molecule has 2 aromatic carbocycles. The summed E-state index contributed by atoms with van der Waals surface area (Å²) in [6.45, 7) is 0.295. The molecule has 0 spiro atoms. The Kier molecular flexibility index (Phi) is 5.73. The smallest absolute Gasteiger partial charge is 0.270 e. The zero-order valence-corrected chi connectivity index (χ0v) is 16.2. The molecule has 0 atom stereocenters.